The van der Waals surface area contributed by atoms with E-state index in [0.717, 1.165) is 16.9 Å². The molecule has 0 saturated carbocycles. The van der Waals surface area contributed by atoms with Gasteiger partial charge in [-0.2, -0.15) is 0 Å². The highest BCUT2D eigenvalue weighted by molar-refractivity contribution is 5.58. The monoisotopic (exact) mass is 448 g/mol. The first-order valence-electron chi connectivity index (χ1n) is 10.6. The van der Waals surface area contributed by atoms with Crippen molar-refractivity contribution < 1.29 is 33.9 Å². The summed E-state index contributed by atoms with van der Waals surface area (Å²) < 4.78 is 27.4. The van der Waals surface area contributed by atoms with Crippen molar-refractivity contribution >= 4 is 0 Å². The van der Waals surface area contributed by atoms with Crippen LogP contribution in [0.5, 0.6) is 23.0 Å². The number of ether oxygens (including phenoxy) is 5. The van der Waals surface area contributed by atoms with Crippen molar-refractivity contribution in [3.8, 4) is 23.0 Å². The maximum atomic E-state index is 11.1. The van der Waals surface area contributed by atoms with Gasteiger partial charge in [-0.15, -0.1) is 0 Å². The fourth-order valence-corrected chi connectivity index (χ4v) is 3.79. The number of rotatable bonds is 12. The van der Waals surface area contributed by atoms with Crippen LogP contribution in [0, 0.1) is 18.8 Å². The summed E-state index contributed by atoms with van der Waals surface area (Å²) in [6.45, 7) is 6.33. The van der Waals surface area contributed by atoms with E-state index in [1.54, 1.807) is 34.3 Å². The number of aliphatic hydroxyl groups excluding tert-OH is 2. The second-order valence-electron chi connectivity index (χ2n) is 7.99. The van der Waals surface area contributed by atoms with Crippen LogP contribution >= 0.6 is 0 Å². The van der Waals surface area contributed by atoms with E-state index in [0.29, 0.717) is 36.0 Å². The molecule has 0 aliphatic heterocycles. The zero-order chi connectivity index (χ0) is 23.8. The molecule has 7 heteroatoms. The summed E-state index contributed by atoms with van der Waals surface area (Å²) in [7, 11) is 6.26. The van der Waals surface area contributed by atoms with Crippen LogP contribution in [0.25, 0.3) is 0 Å². The minimum absolute atomic E-state index is 0.196. The molecule has 0 aliphatic rings. The molecule has 0 aromatic heterocycles. The van der Waals surface area contributed by atoms with Crippen molar-refractivity contribution in [3.63, 3.8) is 0 Å². The quantitative estimate of drug-likeness (QED) is 0.509. The Kier molecular flexibility index (Phi) is 9.62. The summed E-state index contributed by atoms with van der Waals surface area (Å²) in [5.41, 5.74) is 2.30. The van der Waals surface area contributed by atoms with Crippen LogP contribution in [0.3, 0.4) is 0 Å². The van der Waals surface area contributed by atoms with Gasteiger partial charge < -0.3 is 33.9 Å². The molecule has 0 radical (unpaired) electrons. The molecule has 2 N–H and O–H groups in total. The van der Waals surface area contributed by atoms with Gasteiger partial charge in [-0.1, -0.05) is 26.0 Å². The lowest BCUT2D eigenvalue weighted by molar-refractivity contribution is -0.0358. The highest BCUT2D eigenvalue weighted by atomic mass is 16.5. The number of aliphatic hydroxyl groups is 2. The molecule has 0 unspecified atom stereocenters. The van der Waals surface area contributed by atoms with Gasteiger partial charge in [0.05, 0.1) is 53.9 Å². The van der Waals surface area contributed by atoms with E-state index in [-0.39, 0.29) is 5.92 Å². The lowest BCUT2D eigenvalue weighted by Crippen LogP contribution is -2.32. The zero-order valence-corrected chi connectivity index (χ0v) is 20.0. The van der Waals surface area contributed by atoms with Gasteiger partial charge in [-0.05, 0) is 30.7 Å². The Morgan fingerprint density at radius 1 is 0.844 bits per heavy atom. The third kappa shape index (κ3) is 5.85. The SMILES string of the molecule is COc1ccc(COC[C@H](C)[C@H](O)[C@@H](C)[C@@H](O)c2cc(OC)c(C)c(OC)c2OC)cc1. The molecular weight excluding hydrogens is 412 g/mol. The Labute approximate surface area is 190 Å². The molecule has 2 aromatic carbocycles. The van der Waals surface area contributed by atoms with E-state index in [4.69, 9.17) is 23.7 Å². The second-order valence-corrected chi connectivity index (χ2v) is 7.99. The molecule has 0 aliphatic carbocycles. The topological polar surface area (TPSA) is 86.6 Å². The zero-order valence-electron chi connectivity index (χ0n) is 20.0. The normalized spacial score (nSPS) is 14.9. The first-order chi connectivity index (χ1) is 15.3. The van der Waals surface area contributed by atoms with Crippen molar-refractivity contribution in [3.05, 3.63) is 47.0 Å². The highest BCUT2D eigenvalue weighted by Crippen LogP contribution is 2.44. The predicted octanol–water partition coefficient (Wildman–Crippen LogP) is 3.91. The average Bonchev–Trinajstić information content (AvgIpc) is 2.82. The molecule has 4 atom stereocenters. The molecule has 0 amide bonds. The van der Waals surface area contributed by atoms with E-state index in [1.165, 1.54) is 7.11 Å². The molecule has 7 nitrogen and oxygen atoms in total. The van der Waals surface area contributed by atoms with Crippen LogP contribution in [-0.2, 0) is 11.3 Å². The second kappa shape index (κ2) is 11.9. The first kappa shape index (κ1) is 25.8. The maximum Gasteiger partial charge on any atom is 0.167 e. The average molecular weight is 449 g/mol. The van der Waals surface area contributed by atoms with Crippen LogP contribution in [0.1, 0.15) is 36.6 Å². The maximum absolute atomic E-state index is 11.1. The van der Waals surface area contributed by atoms with Crippen LogP contribution < -0.4 is 18.9 Å². The Balaban J connectivity index is 2.08. The molecule has 2 rings (SSSR count). The lowest BCUT2D eigenvalue weighted by atomic mass is 9.85. The number of hydrogen-bond donors (Lipinski definition) is 2. The van der Waals surface area contributed by atoms with Crippen LogP contribution in [0.15, 0.2) is 30.3 Å². The van der Waals surface area contributed by atoms with Crippen molar-refractivity contribution in [1.82, 2.24) is 0 Å². The summed E-state index contributed by atoms with van der Waals surface area (Å²) in [4.78, 5) is 0. The molecule has 0 saturated heterocycles. The number of hydrogen-bond acceptors (Lipinski definition) is 7. The van der Waals surface area contributed by atoms with Crippen LogP contribution in [-0.4, -0.2) is 51.4 Å². The number of benzene rings is 2. The van der Waals surface area contributed by atoms with Gasteiger partial charge in [0, 0.05) is 23.0 Å². The summed E-state index contributed by atoms with van der Waals surface area (Å²) in [5, 5.41) is 22.0. The Morgan fingerprint density at radius 3 is 2.00 bits per heavy atom. The van der Waals surface area contributed by atoms with Gasteiger partial charge >= 0.3 is 0 Å². The largest absolute Gasteiger partial charge is 0.497 e. The highest BCUT2D eigenvalue weighted by Gasteiger charge is 2.32. The van der Waals surface area contributed by atoms with Gasteiger partial charge in [0.15, 0.2) is 11.5 Å². The van der Waals surface area contributed by atoms with Gasteiger partial charge in [0.25, 0.3) is 0 Å². The first-order valence-corrected chi connectivity index (χ1v) is 10.6. The number of methoxy groups -OCH3 is 4. The van der Waals surface area contributed by atoms with Gasteiger partial charge in [0.1, 0.15) is 11.5 Å². The summed E-state index contributed by atoms with van der Waals surface area (Å²) >= 11 is 0. The summed E-state index contributed by atoms with van der Waals surface area (Å²) in [6.07, 6.45) is -1.80. The molecule has 0 fully saturated rings. The van der Waals surface area contributed by atoms with Crippen molar-refractivity contribution in [2.45, 2.75) is 39.6 Å². The van der Waals surface area contributed by atoms with E-state index < -0.39 is 18.1 Å². The fraction of sp³-hybridized carbons (Fsp3) is 0.520. The van der Waals surface area contributed by atoms with Crippen LogP contribution in [0.4, 0.5) is 0 Å². The predicted molar refractivity (Wildman–Crippen MR) is 123 cm³/mol. The molecule has 32 heavy (non-hydrogen) atoms. The molecule has 2 aromatic rings. The van der Waals surface area contributed by atoms with Gasteiger partial charge in [-0.25, -0.2) is 0 Å². The third-order valence-electron chi connectivity index (χ3n) is 5.84. The van der Waals surface area contributed by atoms with Crippen molar-refractivity contribution in [2.24, 2.45) is 11.8 Å². The fourth-order valence-electron chi connectivity index (χ4n) is 3.79. The smallest absolute Gasteiger partial charge is 0.167 e. The van der Waals surface area contributed by atoms with Gasteiger partial charge in [0.2, 0.25) is 0 Å². The minimum atomic E-state index is -0.993. The molecule has 178 valence electrons. The Morgan fingerprint density at radius 2 is 1.47 bits per heavy atom. The van der Waals surface area contributed by atoms with E-state index in [2.05, 4.69) is 0 Å². The van der Waals surface area contributed by atoms with Gasteiger partial charge in [-0.3, -0.25) is 0 Å². The van der Waals surface area contributed by atoms with E-state index in [9.17, 15) is 10.2 Å². The molecule has 0 heterocycles. The summed E-state index contributed by atoms with van der Waals surface area (Å²) in [5.74, 6) is 1.62. The Hall–Kier alpha value is -2.48. The minimum Gasteiger partial charge on any atom is -0.497 e. The van der Waals surface area contributed by atoms with E-state index >= 15 is 0 Å². The van der Waals surface area contributed by atoms with Crippen molar-refractivity contribution in [1.29, 1.82) is 0 Å². The molecule has 0 bridgehead atoms. The third-order valence-corrected chi connectivity index (χ3v) is 5.84. The summed E-state index contributed by atoms with van der Waals surface area (Å²) in [6, 6.07) is 9.38. The lowest BCUT2D eigenvalue weighted by Gasteiger charge is -2.30. The van der Waals surface area contributed by atoms with Crippen LogP contribution in [0.2, 0.25) is 0 Å². The standard InChI is InChI=1S/C25H36O7/c1-15(13-32-14-18-8-10-19(28-4)11-9-18)22(26)17(3)23(27)20-12-21(29-5)16(2)24(30-6)25(20)31-7/h8-12,15,17,22-23,26-27H,13-14H2,1-7H3/t15-,17+,22-,23+/m0/s1. The van der Waals surface area contributed by atoms with Crippen molar-refractivity contribution in [2.75, 3.05) is 35.0 Å². The molecule has 0 spiro atoms. The van der Waals surface area contributed by atoms with E-state index in [1.807, 2.05) is 38.1 Å². The molecular formula is C25H36O7. The Bertz CT molecular complexity index is 850.